The maximum absolute atomic E-state index is 5.65. The highest BCUT2D eigenvalue weighted by molar-refractivity contribution is 7.09. The molecule has 1 unspecified atom stereocenters. The molecule has 1 aromatic heterocycles. The van der Waals surface area contributed by atoms with Crippen molar-refractivity contribution in [1.82, 2.24) is 5.43 Å². The lowest BCUT2D eigenvalue weighted by Crippen LogP contribution is -2.36. The number of hydrogen-bond donors (Lipinski definition) is 2. The molecular weight excluding hydrogens is 264 g/mol. The van der Waals surface area contributed by atoms with Crippen molar-refractivity contribution < 1.29 is 0 Å². The average molecular weight is 297 g/mol. The van der Waals surface area contributed by atoms with Gasteiger partial charge in [-0.15, -0.1) is 11.3 Å². The van der Waals surface area contributed by atoms with Gasteiger partial charge in [0.05, 0.1) is 0 Å². The Morgan fingerprint density at radius 1 is 1.05 bits per heavy atom. The molecule has 1 rings (SSSR count). The predicted molar refractivity (Wildman–Crippen MR) is 91.0 cm³/mol. The molecule has 0 saturated heterocycles. The van der Waals surface area contributed by atoms with Gasteiger partial charge >= 0.3 is 0 Å². The molecule has 0 aliphatic carbocycles. The van der Waals surface area contributed by atoms with Crippen LogP contribution in [-0.2, 0) is 6.42 Å². The minimum absolute atomic E-state index is 0.443. The summed E-state index contributed by atoms with van der Waals surface area (Å²) in [5.74, 6) is 5.65. The van der Waals surface area contributed by atoms with Crippen molar-refractivity contribution >= 4 is 11.3 Å². The van der Waals surface area contributed by atoms with E-state index in [1.807, 2.05) is 11.3 Å². The first-order valence-electron chi connectivity index (χ1n) is 8.35. The smallest absolute Gasteiger partial charge is 0.0258 e. The lowest BCUT2D eigenvalue weighted by atomic mass is 10.0. The molecule has 0 aliphatic rings. The van der Waals surface area contributed by atoms with Crippen LogP contribution in [0.3, 0.4) is 0 Å². The second-order valence-electron chi connectivity index (χ2n) is 5.76. The largest absolute Gasteiger partial charge is 0.271 e. The van der Waals surface area contributed by atoms with E-state index in [2.05, 4.69) is 29.9 Å². The molecule has 1 heterocycles. The van der Waals surface area contributed by atoms with Gasteiger partial charge in [0.1, 0.15) is 0 Å². The molecule has 3 heteroatoms. The summed E-state index contributed by atoms with van der Waals surface area (Å²) in [6.45, 7) is 2.28. The Kier molecular flexibility index (Phi) is 10.9. The lowest BCUT2D eigenvalue weighted by Gasteiger charge is -2.14. The van der Waals surface area contributed by atoms with Gasteiger partial charge in [0.15, 0.2) is 0 Å². The van der Waals surface area contributed by atoms with E-state index in [-0.39, 0.29) is 0 Å². The molecule has 1 aromatic rings. The van der Waals surface area contributed by atoms with E-state index in [1.165, 1.54) is 69.1 Å². The number of hydrazine groups is 1. The zero-order valence-corrected chi connectivity index (χ0v) is 13.9. The Morgan fingerprint density at radius 3 is 2.25 bits per heavy atom. The van der Waals surface area contributed by atoms with Gasteiger partial charge in [-0.3, -0.25) is 11.3 Å². The molecule has 0 bridgehead atoms. The van der Waals surface area contributed by atoms with Gasteiger partial charge in [-0.05, 0) is 24.3 Å². The van der Waals surface area contributed by atoms with Crippen LogP contribution >= 0.6 is 11.3 Å². The SMILES string of the molecule is CCCCCCCCCCCC(Cc1cccs1)NN. The van der Waals surface area contributed by atoms with Gasteiger partial charge in [-0.2, -0.15) is 0 Å². The van der Waals surface area contributed by atoms with Crippen LogP contribution in [0.2, 0.25) is 0 Å². The van der Waals surface area contributed by atoms with Crippen molar-refractivity contribution in [3.05, 3.63) is 22.4 Å². The predicted octanol–water partition coefficient (Wildman–Crippen LogP) is 5.04. The van der Waals surface area contributed by atoms with E-state index >= 15 is 0 Å². The number of nitrogens with one attached hydrogen (secondary N) is 1. The third-order valence-electron chi connectivity index (χ3n) is 3.92. The number of rotatable bonds is 13. The molecule has 0 fully saturated rings. The number of hydrogen-bond acceptors (Lipinski definition) is 3. The summed E-state index contributed by atoms with van der Waals surface area (Å²) in [5.41, 5.74) is 2.97. The van der Waals surface area contributed by atoms with Gasteiger partial charge in [0, 0.05) is 10.9 Å². The maximum Gasteiger partial charge on any atom is 0.0258 e. The standard InChI is InChI=1S/C17H32N2S/c1-2-3-4-5-6-7-8-9-10-12-16(19-18)15-17-13-11-14-20-17/h11,13-14,16,19H,2-10,12,15,18H2,1H3. The number of nitrogens with two attached hydrogens (primary N) is 1. The van der Waals surface area contributed by atoms with Crippen molar-refractivity contribution in [2.45, 2.75) is 83.6 Å². The molecule has 0 saturated carbocycles. The molecule has 116 valence electrons. The fourth-order valence-electron chi connectivity index (χ4n) is 2.62. The van der Waals surface area contributed by atoms with Crippen molar-refractivity contribution in [3.63, 3.8) is 0 Å². The summed E-state index contributed by atoms with van der Waals surface area (Å²) in [6, 6.07) is 4.76. The van der Waals surface area contributed by atoms with Crippen LogP contribution in [-0.4, -0.2) is 6.04 Å². The quantitative estimate of drug-likeness (QED) is 0.304. The summed E-state index contributed by atoms with van der Waals surface area (Å²) in [5, 5.41) is 2.14. The van der Waals surface area contributed by atoms with Crippen LogP contribution in [0, 0.1) is 0 Å². The fourth-order valence-corrected chi connectivity index (χ4v) is 3.40. The van der Waals surface area contributed by atoms with Crippen LogP contribution in [0.15, 0.2) is 17.5 Å². The van der Waals surface area contributed by atoms with Crippen molar-refractivity contribution in [1.29, 1.82) is 0 Å². The van der Waals surface area contributed by atoms with Crippen molar-refractivity contribution in [2.24, 2.45) is 5.84 Å². The second kappa shape index (κ2) is 12.4. The molecule has 0 spiro atoms. The molecular formula is C17H32N2S. The third kappa shape index (κ3) is 8.72. The monoisotopic (exact) mass is 296 g/mol. The highest BCUT2D eigenvalue weighted by Gasteiger charge is 2.07. The van der Waals surface area contributed by atoms with E-state index in [4.69, 9.17) is 5.84 Å². The molecule has 0 aliphatic heterocycles. The molecule has 0 aromatic carbocycles. The van der Waals surface area contributed by atoms with E-state index < -0.39 is 0 Å². The maximum atomic E-state index is 5.65. The Balaban J connectivity index is 1.93. The number of unbranched alkanes of at least 4 members (excludes halogenated alkanes) is 8. The van der Waals surface area contributed by atoms with Crippen LogP contribution < -0.4 is 11.3 Å². The summed E-state index contributed by atoms with van der Waals surface area (Å²) < 4.78 is 0. The topological polar surface area (TPSA) is 38.0 Å². The molecule has 0 radical (unpaired) electrons. The molecule has 1 atom stereocenters. The molecule has 2 nitrogen and oxygen atoms in total. The van der Waals surface area contributed by atoms with Gasteiger partial charge in [-0.1, -0.05) is 70.8 Å². The Bertz CT molecular complexity index is 298. The Morgan fingerprint density at radius 2 is 1.70 bits per heavy atom. The summed E-state index contributed by atoms with van der Waals surface area (Å²) in [4.78, 5) is 1.43. The third-order valence-corrected chi connectivity index (χ3v) is 4.82. The summed E-state index contributed by atoms with van der Waals surface area (Å²) in [6.07, 6.45) is 14.8. The van der Waals surface area contributed by atoms with Crippen LogP contribution in [0.4, 0.5) is 0 Å². The van der Waals surface area contributed by atoms with Crippen molar-refractivity contribution in [2.75, 3.05) is 0 Å². The van der Waals surface area contributed by atoms with Gasteiger partial charge in [-0.25, -0.2) is 0 Å². The van der Waals surface area contributed by atoms with Crippen LogP contribution in [0.1, 0.15) is 76.0 Å². The Hall–Kier alpha value is -0.380. The van der Waals surface area contributed by atoms with Gasteiger partial charge in [0.25, 0.3) is 0 Å². The molecule has 20 heavy (non-hydrogen) atoms. The number of thiophene rings is 1. The zero-order valence-electron chi connectivity index (χ0n) is 13.1. The van der Waals surface area contributed by atoms with Crippen LogP contribution in [0.25, 0.3) is 0 Å². The summed E-state index contributed by atoms with van der Waals surface area (Å²) in [7, 11) is 0. The van der Waals surface area contributed by atoms with Crippen LogP contribution in [0.5, 0.6) is 0 Å². The van der Waals surface area contributed by atoms with E-state index in [0.29, 0.717) is 6.04 Å². The first-order valence-corrected chi connectivity index (χ1v) is 9.23. The van der Waals surface area contributed by atoms with Crippen molar-refractivity contribution in [3.8, 4) is 0 Å². The fraction of sp³-hybridized carbons (Fsp3) is 0.765. The van der Waals surface area contributed by atoms with E-state index in [9.17, 15) is 0 Å². The van der Waals surface area contributed by atoms with Gasteiger partial charge < -0.3 is 0 Å². The van der Waals surface area contributed by atoms with E-state index in [0.717, 1.165) is 6.42 Å². The lowest BCUT2D eigenvalue weighted by molar-refractivity contribution is 0.460. The first-order chi connectivity index (χ1) is 9.86. The minimum Gasteiger partial charge on any atom is -0.271 e. The molecule has 0 amide bonds. The second-order valence-corrected chi connectivity index (χ2v) is 6.80. The zero-order chi connectivity index (χ0) is 14.5. The highest BCUT2D eigenvalue weighted by Crippen LogP contribution is 2.15. The van der Waals surface area contributed by atoms with E-state index in [1.54, 1.807) is 0 Å². The van der Waals surface area contributed by atoms with Gasteiger partial charge in [0.2, 0.25) is 0 Å². The average Bonchev–Trinajstić information content (AvgIpc) is 2.97. The highest BCUT2D eigenvalue weighted by atomic mass is 32.1. The normalized spacial score (nSPS) is 12.7. The summed E-state index contributed by atoms with van der Waals surface area (Å²) >= 11 is 1.83. The Labute approximate surface area is 129 Å². The first kappa shape index (κ1) is 17.7. The molecule has 3 N–H and O–H groups in total. The minimum atomic E-state index is 0.443.